The molecule has 0 unspecified atom stereocenters. The molecule has 142 valence electrons. The fourth-order valence-electron chi connectivity index (χ4n) is 4.29. The number of carbonyl (C=O) groups is 1. The van der Waals surface area contributed by atoms with E-state index in [1.165, 1.54) is 6.42 Å². The largest absolute Gasteiger partial charge is 0.339 e. The molecule has 0 N–H and O–H groups in total. The minimum absolute atomic E-state index is 0.0207. The minimum Gasteiger partial charge on any atom is -0.339 e. The third kappa shape index (κ3) is 2.95. The lowest BCUT2D eigenvalue weighted by molar-refractivity contribution is 0.0725. The zero-order chi connectivity index (χ0) is 19.1. The van der Waals surface area contributed by atoms with E-state index in [0.717, 1.165) is 42.2 Å². The van der Waals surface area contributed by atoms with Crippen molar-refractivity contribution in [3.8, 4) is 0 Å². The number of nitrogens with zero attached hydrogens (tertiary/aromatic N) is 3. The van der Waals surface area contributed by atoms with Gasteiger partial charge in [0.1, 0.15) is 5.52 Å². The molecular formula is C22H27N3O2. The van der Waals surface area contributed by atoms with Crippen molar-refractivity contribution < 1.29 is 4.79 Å². The van der Waals surface area contributed by atoms with Crippen LogP contribution < -0.4 is 5.56 Å². The summed E-state index contributed by atoms with van der Waals surface area (Å²) < 4.78 is 3.67. The molecule has 0 radical (unpaired) electrons. The van der Waals surface area contributed by atoms with Crippen LogP contribution in [0.15, 0.2) is 35.3 Å². The summed E-state index contributed by atoms with van der Waals surface area (Å²) in [5.74, 6) is 0.376. The molecule has 1 aromatic carbocycles. The first kappa shape index (κ1) is 17.8. The first-order valence-electron chi connectivity index (χ1n) is 9.89. The standard InChI is InChI=1S/C22H27N3O2/c1-15(2)13-25-14-17(21(26)24-11-7-4-8-12-24)19-16-9-5-6-10-18(16)23(3)20(19)22(25)27/h5-6,9-10,14-15H,4,7-8,11-13H2,1-3H3. The van der Waals surface area contributed by atoms with Gasteiger partial charge in [-0.15, -0.1) is 0 Å². The fraction of sp³-hybridized carbons (Fsp3) is 0.455. The molecule has 0 spiro atoms. The highest BCUT2D eigenvalue weighted by Gasteiger charge is 2.25. The summed E-state index contributed by atoms with van der Waals surface area (Å²) >= 11 is 0. The van der Waals surface area contributed by atoms with E-state index < -0.39 is 0 Å². The Kier molecular flexibility index (Phi) is 4.54. The number of fused-ring (bicyclic) bond motifs is 3. The predicted molar refractivity (Wildman–Crippen MR) is 109 cm³/mol. The van der Waals surface area contributed by atoms with Crippen LogP contribution in [0.5, 0.6) is 0 Å². The van der Waals surface area contributed by atoms with Crippen molar-refractivity contribution in [2.45, 2.75) is 39.7 Å². The van der Waals surface area contributed by atoms with E-state index >= 15 is 0 Å². The number of benzene rings is 1. The highest BCUT2D eigenvalue weighted by molar-refractivity contribution is 6.17. The quantitative estimate of drug-likeness (QED) is 0.709. The number of amides is 1. The van der Waals surface area contributed by atoms with Crippen LogP contribution in [0.3, 0.4) is 0 Å². The first-order valence-corrected chi connectivity index (χ1v) is 9.89. The van der Waals surface area contributed by atoms with Crippen LogP contribution in [-0.2, 0) is 13.6 Å². The van der Waals surface area contributed by atoms with E-state index in [9.17, 15) is 9.59 Å². The molecule has 5 heteroatoms. The van der Waals surface area contributed by atoms with E-state index in [1.54, 1.807) is 10.8 Å². The average Bonchev–Trinajstić information content (AvgIpc) is 2.97. The number of aromatic nitrogens is 2. The maximum Gasteiger partial charge on any atom is 0.275 e. The predicted octanol–water partition coefficient (Wildman–Crippen LogP) is 3.78. The maximum atomic E-state index is 13.4. The molecule has 0 saturated carbocycles. The Morgan fingerprint density at radius 1 is 1.11 bits per heavy atom. The van der Waals surface area contributed by atoms with Gasteiger partial charge in [0.2, 0.25) is 0 Å². The normalized spacial score (nSPS) is 15.2. The molecule has 1 aliphatic heterocycles. The van der Waals surface area contributed by atoms with Crippen molar-refractivity contribution in [1.29, 1.82) is 0 Å². The van der Waals surface area contributed by atoms with Crippen molar-refractivity contribution in [1.82, 2.24) is 14.0 Å². The number of rotatable bonds is 3. The van der Waals surface area contributed by atoms with Crippen LogP contribution in [0.4, 0.5) is 0 Å². The summed E-state index contributed by atoms with van der Waals surface area (Å²) in [6, 6.07) is 7.96. The number of likely N-dealkylation sites (tertiary alicyclic amines) is 1. The van der Waals surface area contributed by atoms with Gasteiger partial charge in [-0.2, -0.15) is 0 Å². The molecule has 0 bridgehead atoms. The molecule has 0 aliphatic carbocycles. The topological polar surface area (TPSA) is 47.2 Å². The summed E-state index contributed by atoms with van der Waals surface area (Å²) in [4.78, 5) is 28.6. The molecule has 5 nitrogen and oxygen atoms in total. The van der Waals surface area contributed by atoms with Crippen LogP contribution in [0.1, 0.15) is 43.5 Å². The van der Waals surface area contributed by atoms with Crippen LogP contribution in [0.2, 0.25) is 0 Å². The fourth-order valence-corrected chi connectivity index (χ4v) is 4.29. The molecular weight excluding hydrogens is 338 g/mol. The molecule has 1 saturated heterocycles. The Morgan fingerprint density at radius 3 is 2.52 bits per heavy atom. The number of aryl methyl sites for hydroxylation is 1. The van der Waals surface area contributed by atoms with Gasteiger partial charge in [-0.3, -0.25) is 9.59 Å². The monoisotopic (exact) mass is 365 g/mol. The van der Waals surface area contributed by atoms with Crippen LogP contribution >= 0.6 is 0 Å². The SMILES string of the molecule is CC(C)Cn1cc(C(=O)N2CCCCC2)c2c3ccccc3n(C)c2c1=O. The van der Waals surface area contributed by atoms with E-state index in [1.807, 2.05) is 40.8 Å². The molecule has 0 atom stereocenters. The van der Waals surface area contributed by atoms with E-state index in [4.69, 9.17) is 0 Å². The number of hydrogen-bond acceptors (Lipinski definition) is 2. The lowest BCUT2D eigenvalue weighted by Gasteiger charge is -2.27. The number of hydrogen-bond donors (Lipinski definition) is 0. The Bertz CT molecular complexity index is 1070. The summed E-state index contributed by atoms with van der Waals surface area (Å²) in [6.45, 7) is 6.38. The zero-order valence-corrected chi connectivity index (χ0v) is 16.4. The Morgan fingerprint density at radius 2 is 1.81 bits per heavy atom. The summed E-state index contributed by atoms with van der Waals surface area (Å²) in [7, 11) is 1.92. The number of pyridine rings is 1. The molecule has 1 fully saturated rings. The van der Waals surface area contributed by atoms with Gasteiger partial charge in [0.05, 0.1) is 5.56 Å². The minimum atomic E-state index is -0.0207. The average molecular weight is 365 g/mol. The second-order valence-electron chi connectivity index (χ2n) is 8.05. The van der Waals surface area contributed by atoms with Crippen LogP contribution in [-0.4, -0.2) is 33.0 Å². The summed E-state index contributed by atoms with van der Waals surface area (Å²) in [6.07, 6.45) is 5.08. The number of piperidine rings is 1. The molecule has 2 aromatic heterocycles. The maximum absolute atomic E-state index is 13.4. The number of carbonyl (C=O) groups excluding carboxylic acids is 1. The number of para-hydroxylation sites is 1. The van der Waals surface area contributed by atoms with Gasteiger partial charge in [0, 0.05) is 49.2 Å². The molecule has 27 heavy (non-hydrogen) atoms. The van der Waals surface area contributed by atoms with Gasteiger partial charge < -0.3 is 14.0 Å². The molecule has 4 rings (SSSR count). The highest BCUT2D eigenvalue weighted by atomic mass is 16.2. The van der Waals surface area contributed by atoms with Crippen molar-refractivity contribution in [3.63, 3.8) is 0 Å². The van der Waals surface area contributed by atoms with Crippen molar-refractivity contribution in [2.24, 2.45) is 13.0 Å². The van der Waals surface area contributed by atoms with Crippen molar-refractivity contribution in [3.05, 3.63) is 46.4 Å². The van der Waals surface area contributed by atoms with Crippen molar-refractivity contribution in [2.75, 3.05) is 13.1 Å². The van der Waals surface area contributed by atoms with Gasteiger partial charge in [-0.1, -0.05) is 32.0 Å². The van der Waals surface area contributed by atoms with Gasteiger partial charge in [-0.05, 0) is 31.2 Å². The summed E-state index contributed by atoms with van der Waals surface area (Å²) in [5, 5.41) is 1.78. The highest BCUT2D eigenvalue weighted by Crippen LogP contribution is 2.30. The van der Waals surface area contributed by atoms with Gasteiger partial charge in [0.15, 0.2) is 0 Å². The Balaban J connectivity index is 2.03. The van der Waals surface area contributed by atoms with E-state index in [0.29, 0.717) is 23.5 Å². The molecule has 3 heterocycles. The smallest absolute Gasteiger partial charge is 0.275 e. The lowest BCUT2D eigenvalue weighted by atomic mass is 10.0. The van der Waals surface area contributed by atoms with Crippen LogP contribution in [0.25, 0.3) is 21.8 Å². The zero-order valence-electron chi connectivity index (χ0n) is 16.4. The summed E-state index contributed by atoms with van der Waals surface area (Å²) in [5.41, 5.74) is 2.25. The molecule has 1 amide bonds. The van der Waals surface area contributed by atoms with Gasteiger partial charge in [0.25, 0.3) is 11.5 Å². The molecule has 1 aliphatic rings. The van der Waals surface area contributed by atoms with Crippen LogP contribution in [0, 0.1) is 5.92 Å². The Labute approximate surface area is 159 Å². The first-order chi connectivity index (χ1) is 13.0. The second-order valence-corrected chi connectivity index (χ2v) is 8.05. The lowest BCUT2D eigenvalue weighted by Crippen LogP contribution is -2.36. The second kappa shape index (κ2) is 6.87. The van der Waals surface area contributed by atoms with E-state index in [2.05, 4.69) is 13.8 Å². The van der Waals surface area contributed by atoms with Gasteiger partial charge in [-0.25, -0.2) is 0 Å². The van der Waals surface area contributed by atoms with Crippen molar-refractivity contribution >= 4 is 27.7 Å². The third-order valence-corrected chi connectivity index (χ3v) is 5.56. The Hall–Kier alpha value is -2.56. The van der Waals surface area contributed by atoms with Gasteiger partial charge >= 0.3 is 0 Å². The third-order valence-electron chi connectivity index (χ3n) is 5.56. The van der Waals surface area contributed by atoms with E-state index in [-0.39, 0.29) is 11.5 Å². The molecule has 3 aromatic rings.